The van der Waals surface area contributed by atoms with Gasteiger partial charge in [-0.2, -0.15) is 0 Å². The van der Waals surface area contributed by atoms with Crippen LogP contribution in [0.2, 0.25) is 10.3 Å². The summed E-state index contributed by atoms with van der Waals surface area (Å²) >= 11 is 11.6. The maximum Gasteiger partial charge on any atom is 0.238 e. The highest BCUT2D eigenvalue weighted by Crippen LogP contribution is 2.27. The number of aryl methyl sites for hydroxylation is 2. The second-order valence-corrected chi connectivity index (χ2v) is 6.69. The van der Waals surface area contributed by atoms with Gasteiger partial charge in [-0.15, -0.1) is 0 Å². The largest absolute Gasteiger partial charge is 0.361 e. The molecule has 9 heteroatoms. The quantitative estimate of drug-likeness (QED) is 0.868. The number of halogens is 2. The highest BCUT2D eigenvalue weighted by Gasteiger charge is 2.18. The monoisotopic (exact) mass is 335 g/mol. The Labute approximate surface area is 126 Å². The molecule has 0 fully saturated rings. The molecule has 0 aliphatic heterocycles. The number of anilines is 1. The van der Waals surface area contributed by atoms with E-state index in [0.29, 0.717) is 17.0 Å². The number of pyridine rings is 1. The second kappa shape index (κ2) is 5.59. The Bertz CT molecular complexity index is 720. The summed E-state index contributed by atoms with van der Waals surface area (Å²) in [6.45, 7) is 3.36. The molecule has 2 aromatic heterocycles. The van der Waals surface area contributed by atoms with Gasteiger partial charge in [0.15, 0.2) is 5.15 Å². The van der Waals surface area contributed by atoms with Gasteiger partial charge in [-0.05, 0) is 25.5 Å². The van der Waals surface area contributed by atoms with Crippen LogP contribution in [0.25, 0.3) is 0 Å². The van der Waals surface area contributed by atoms with Gasteiger partial charge in [0.1, 0.15) is 22.4 Å². The number of nitrogens with zero attached hydrogens (tertiary/aromatic N) is 2. The molecule has 2 rings (SSSR count). The third kappa shape index (κ3) is 3.62. The molecule has 0 radical (unpaired) electrons. The van der Waals surface area contributed by atoms with Gasteiger partial charge >= 0.3 is 0 Å². The minimum Gasteiger partial charge on any atom is -0.361 e. The fraction of sp³-hybridized carbons (Fsp3) is 0.273. The van der Waals surface area contributed by atoms with Gasteiger partial charge in [0.2, 0.25) is 10.0 Å². The zero-order chi connectivity index (χ0) is 14.9. The zero-order valence-electron chi connectivity index (χ0n) is 10.6. The van der Waals surface area contributed by atoms with Crippen LogP contribution in [-0.2, 0) is 15.8 Å². The van der Waals surface area contributed by atoms with Crippen LogP contribution >= 0.6 is 23.2 Å². The molecule has 0 aliphatic rings. The average molecular weight is 336 g/mol. The standard InChI is InChI=1S/C11H11Cl2N3O3S/c1-6-3-9(12)14-11(13)10(6)16-20(17,18)5-8-4-7(2)19-15-8/h3-4,16H,5H2,1-2H3. The molecule has 2 heterocycles. The van der Waals surface area contributed by atoms with Crippen LogP contribution in [0.3, 0.4) is 0 Å². The van der Waals surface area contributed by atoms with E-state index in [9.17, 15) is 8.42 Å². The molecule has 0 atom stereocenters. The average Bonchev–Trinajstić information content (AvgIpc) is 2.68. The highest BCUT2D eigenvalue weighted by atomic mass is 35.5. The minimum atomic E-state index is -3.67. The molecule has 0 amide bonds. The minimum absolute atomic E-state index is 0.00471. The van der Waals surface area contributed by atoms with Crippen LogP contribution in [0.5, 0.6) is 0 Å². The van der Waals surface area contributed by atoms with Crippen LogP contribution in [0.4, 0.5) is 5.69 Å². The van der Waals surface area contributed by atoms with Crippen molar-refractivity contribution in [2.24, 2.45) is 0 Å². The summed E-state index contributed by atoms with van der Waals surface area (Å²) in [5, 5.41) is 3.83. The lowest BCUT2D eigenvalue weighted by Gasteiger charge is -2.11. The van der Waals surface area contributed by atoms with E-state index in [0.717, 1.165) is 0 Å². The maximum absolute atomic E-state index is 12.1. The van der Waals surface area contributed by atoms with Crippen molar-refractivity contribution in [2.45, 2.75) is 19.6 Å². The van der Waals surface area contributed by atoms with Gasteiger partial charge in [0, 0.05) is 6.07 Å². The number of rotatable bonds is 4. The third-order valence-electron chi connectivity index (χ3n) is 2.41. The molecule has 0 spiro atoms. The summed E-state index contributed by atoms with van der Waals surface area (Å²) in [6, 6.07) is 3.07. The summed E-state index contributed by atoms with van der Waals surface area (Å²) in [6.07, 6.45) is 0. The Morgan fingerprint density at radius 3 is 2.55 bits per heavy atom. The lowest BCUT2D eigenvalue weighted by Crippen LogP contribution is -2.16. The summed E-state index contributed by atoms with van der Waals surface area (Å²) in [4.78, 5) is 3.80. The van der Waals surface area contributed by atoms with E-state index in [1.54, 1.807) is 19.9 Å². The first kappa shape index (κ1) is 15.1. The molecular weight excluding hydrogens is 325 g/mol. The van der Waals surface area contributed by atoms with Crippen molar-refractivity contribution in [2.75, 3.05) is 4.72 Å². The van der Waals surface area contributed by atoms with Crippen molar-refractivity contribution in [1.29, 1.82) is 0 Å². The summed E-state index contributed by atoms with van der Waals surface area (Å²) < 4.78 is 31.3. The topological polar surface area (TPSA) is 85.1 Å². The molecule has 0 aliphatic carbocycles. The van der Waals surface area contributed by atoms with Gasteiger partial charge in [-0.1, -0.05) is 28.4 Å². The van der Waals surface area contributed by atoms with Crippen molar-refractivity contribution in [3.8, 4) is 0 Å². The van der Waals surface area contributed by atoms with E-state index in [1.807, 2.05) is 0 Å². The van der Waals surface area contributed by atoms with Crippen molar-refractivity contribution in [3.63, 3.8) is 0 Å². The van der Waals surface area contributed by atoms with Crippen molar-refractivity contribution in [1.82, 2.24) is 10.1 Å². The molecule has 0 unspecified atom stereocenters. The lowest BCUT2D eigenvalue weighted by molar-refractivity contribution is 0.392. The zero-order valence-corrected chi connectivity index (χ0v) is 13.0. The van der Waals surface area contributed by atoms with Crippen LogP contribution in [0.15, 0.2) is 16.7 Å². The van der Waals surface area contributed by atoms with E-state index < -0.39 is 10.0 Å². The number of sulfonamides is 1. The molecule has 0 saturated heterocycles. The predicted molar refractivity (Wildman–Crippen MR) is 76.5 cm³/mol. The van der Waals surface area contributed by atoms with E-state index >= 15 is 0 Å². The Hall–Kier alpha value is -1.31. The van der Waals surface area contributed by atoms with Gasteiger partial charge < -0.3 is 4.52 Å². The van der Waals surface area contributed by atoms with E-state index in [-0.39, 0.29) is 21.7 Å². The fourth-order valence-corrected chi connectivity index (χ4v) is 3.39. The van der Waals surface area contributed by atoms with Crippen molar-refractivity contribution >= 4 is 38.9 Å². The first-order valence-electron chi connectivity index (χ1n) is 5.52. The van der Waals surface area contributed by atoms with Gasteiger partial charge in [-0.3, -0.25) is 4.72 Å². The normalized spacial score (nSPS) is 11.6. The number of hydrogen-bond donors (Lipinski definition) is 1. The van der Waals surface area contributed by atoms with Crippen LogP contribution in [0.1, 0.15) is 17.0 Å². The Morgan fingerprint density at radius 2 is 2.00 bits per heavy atom. The molecule has 2 aromatic rings. The molecule has 20 heavy (non-hydrogen) atoms. The predicted octanol–water partition coefficient (Wildman–Crippen LogP) is 2.94. The Kier molecular flexibility index (Phi) is 4.22. The maximum atomic E-state index is 12.1. The smallest absolute Gasteiger partial charge is 0.238 e. The first-order valence-corrected chi connectivity index (χ1v) is 7.93. The van der Waals surface area contributed by atoms with E-state index in [2.05, 4.69) is 14.9 Å². The van der Waals surface area contributed by atoms with Crippen LogP contribution in [-0.4, -0.2) is 18.6 Å². The van der Waals surface area contributed by atoms with Crippen molar-refractivity contribution in [3.05, 3.63) is 39.5 Å². The van der Waals surface area contributed by atoms with E-state index in [1.165, 1.54) is 6.07 Å². The van der Waals surface area contributed by atoms with Gasteiger partial charge in [-0.25, -0.2) is 13.4 Å². The SMILES string of the molecule is Cc1cc(CS(=O)(=O)Nc2c(C)cc(Cl)nc2Cl)no1. The Balaban J connectivity index is 2.25. The van der Waals surface area contributed by atoms with Crippen LogP contribution in [0, 0.1) is 13.8 Å². The van der Waals surface area contributed by atoms with Crippen molar-refractivity contribution < 1.29 is 12.9 Å². The number of nitrogens with one attached hydrogen (secondary N) is 1. The lowest BCUT2D eigenvalue weighted by atomic mass is 10.3. The molecule has 0 bridgehead atoms. The third-order valence-corrected chi connectivity index (χ3v) is 4.07. The fourth-order valence-electron chi connectivity index (χ4n) is 1.59. The second-order valence-electron chi connectivity index (χ2n) is 4.22. The molecule has 108 valence electrons. The summed E-state index contributed by atoms with van der Waals surface area (Å²) in [5.41, 5.74) is 1.09. The molecule has 0 saturated carbocycles. The van der Waals surface area contributed by atoms with Gasteiger partial charge in [0.25, 0.3) is 0 Å². The summed E-state index contributed by atoms with van der Waals surface area (Å²) in [7, 11) is -3.67. The molecular formula is C11H11Cl2N3O3S. The van der Waals surface area contributed by atoms with Gasteiger partial charge in [0.05, 0.1) is 5.69 Å². The van der Waals surface area contributed by atoms with Crippen LogP contribution < -0.4 is 4.72 Å². The molecule has 0 aromatic carbocycles. The highest BCUT2D eigenvalue weighted by molar-refractivity contribution is 7.91. The number of hydrogen-bond acceptors (Lipinski definition) is 5. The summed E-state index contributed by atoms with van der Waals surface area (Å²) in [5.74, 6) is 0.223. The Morgan fingerprint density at radius 1 is 1.30 bits per heavy atom. The molecule has 6 nitrogen and oxygen atoms in total. The first-order chi connectivity index (χ1) is 9.27. The van der Waals surface area contributed by atoms with E-state index in [4.69, 9.17) is 27.7 Å². The number of aromatic nitrogens is 2. The molecule has 1 N–H and O–H groups in total.